The van der Waals surface area contributed by atoms with E-state index in [0.29, 0.717) is 0 Å². The summed E-state index contributed by atoms with van der Waals surface area (Å²) in [5, 5.41) is 5.06. The fraction of sp³-hybridized carbons (Fsp3) is 0.0167. The topological polar surface area (TPSA) is 16.3 Å². The summed E-state index contributed by atoms with van der Waals surface area (Å²) >= 11 is 0. The maximum atomic E-state index is 3.70. The second kappa shape index (κ2) is 15.7. The van der Waals surface area contributed by atoms with Crippen molar-refractivity contribution in [2.45, 2.75) is 6.04 Å². The summed E-state index contributed by atoms with van der Waals surface area (Å²) in [4.78, 5) is 4.61. The molecular weight excluding hydrogens is 777 g/mol. The molecule has 0 amide bonds. The summed E-state index contributed by atoms with van der Waals surface area (Å²) in [5.41, 5.74) is 18.4. The first kappa shape index (κ1) is 37.2. The third-order valence-corrected chi connectivity index (χ3v) is 12.6. The lowest BCUT2D eigenvalue weighted by Crippen LogP contribution is -2.16. The molecule has 0 bridgehead atoms. The zero-order valence-corrected chi connectivity index (χ0v) is 35.0. The highest BCUT2D eigenvalue weighted by atomic mass is 15.2. The molecule has 1 unspecified atom stereocenters. The van der Waals surface area contributed by atoms with Crippen LogP contribution in [0.4, 0.5) is 28.4 Å². The Bertz CT molecular complexity index is 3460. The molecule has 0 saturated carbocycles. The Morgan fingerprint density at radius 1 is 0.344 bits per heavy atom. The Hall–Kier alpha value is -8.56. The Morgan fingerprint density at radius 3 is 1.19 bits per heavy atom. The first-order chi connectivity index (χ1) is 31.8. The van der Waals surface area contributed by atoms with Gasteiger partial charge in [-0.1, -0.05) is 145 Å². The molecule has 0 N–H and O–H groups in total. The van der Waals surface area contributed by atoms with E-state index in [1.165, 1.54) is 43.6 Å². The lowest BCUT2D eigenvalue weighted by atomic mass is 10.0. The summed E-state index contributed by atoms with van der Waals surface area (Å²) in [6, 6.07) is 82.6. The molecule has 2 aromatic heterocycles. The van der Waals surface area contributed by atoms with E-state index in [-0.39, 0.29) is 6.04 Å². The summed E-state index contributed by atoms with van der Waals surface area (Å²) in [7, 11) is 0. The lowest BCUT2D eigenvalue weighted by molar-refractivity contribution is 0.777. The minimum absolute atomic E-state index is 0.0416. The van der Waals surface area contributed by atoms with E-state index in [1.54, 1.807) is 0 Å². The number of hydrogen-bond donors (Lipinski definition) is 0. The number of benzene rings is 9. The van der Waals surface area contributed by atoms with Gasteiger partial charge in [0.2, 0.25) is 0 Å². The molecule has 2 heterocycles. The van der Waals surface area contributed by atoms with Crippen LogP contribution in [0.5, 0.6) is 0 Å². The first-order valence-corrected chi connectivity index (χ1v) is 21.9. The predicted octanol–water partition coefficient (Wildman–Crippen LogP) is 16.0. The van der Waals surface area contributed by atoms with Crippen molar-refractivity contribution in [2.75, 3.05) is 9.80 Å². The second-order valence-corrected chi connectivity index (χ2v) is 16.3. The SMILES string of the molecule is C1=CC(n2c3ccccc3c3ccccc32)C=CC=1N(c1ccccc1)c1ccc(-c2ccc(N(c3ccccc3)c3ccc(-n4c5ccccc5c5ccccc54)cc3)cc2)cc1. The summed E-state index contributed by atoms with van der Waals surface area (Å²) < 4.78 is 4.78. The molecule has 0 radical (unpaired) electrons. The molecule has 4 nitrogen and oxygen atoms in total. The first-order valence-electron chi connectivity index (χ1n) is 21.9. The van der Waals surface area contributed by atoms with E-state index >= 15 is 0 Å². The molecule has 1 atom stereocenters. The Morgan fingerprint density at radius 2 is 0.719 bits per heavy atom. The number of rotatable bonds is 9. The number of allylic oxidation sites excluding steroid dienone is 2. The van der Waals surface area contributed by atoms with Crippen LogP contribution in [-0.4, -0.2) is 9.13 Å². The van der Waals surface area contributed by atoms with Gasteiger partial charge in [0, 0.05) is 66.7 Å². The van der Waals surface area contributed by atoms with Gasteiger partial charge in [-0.3, -0.25) is 0 Å². The molecule has 11 aromatic rings. The Labute approximate surface area is 372 Å². The number of fused-ring (bicyclic) bond motifs is 6. The Kier molecular flexibility index (Phi) is 9.14. The summed E-state index contributed by atoms with van der Waals surface area (Å²) in [6.07, 6.45) is 6.69. The second-order valence-electron chi connectivity index (χ2n) is 16.3. The van der Waals surface area contributed by atoms with Crippen LogP contribution in [0.25, 0.3) is 60.4 Å². The fourth-order valence-electron chi connectivity index (χ4n) is 9.62. The molecule has 4 heteroatoms. The van der Waals surface area contributed by atoms with Crippen LogP contribution in [0.3, 0.4) is 0 Å². The summed E-state index contributed by atoms with van der Waals surface area (Å²) in [5.74, 6) is 0. The molecule has 64 heavy (non-hydrogen) atoms. The average Bonchev–Trinajstić information content (AvgIpc) is 3.89. The van der Waals surface area contributed by atoms with Crippen LogP contribution < -0.4 is 9.80 Å². The van der Waals surface area contributed by atoms with Gasteiger partial charge in [-0.15, -0.1) is 0 Å². The largest absolute Gasteiger partial charge is 0.329 e. The highest BCUT2D eigenvalue weighted by molar-refractivity contribution is 6.09. The van der Waals surface area contributed by atoms with Crippen molar-refractivity contribution in [1.29, 1.82) is 0 Å². The molecule has 302 valence electrons. The molecular formula is C60H42N4. The maximum Gasteiger partial charge on any atom is 0.0885 e. The predicted molar refractivity (Wildman–Crippen MR) is 269 cm³/mol. The van der Waals surface area contributed by atoms with E-state index in [1.807, 2.05) is 0 Å². The van der Waals surface area contributed by atoms with Gasteiger partial charge < -0.3 is 18.9 Å². The normalized spacial score (nSPS) is 13.5. The van der Waals surface area contributed by atoms with Crippen molar-refractivity contribution in [3.63, 3.8) is 0 Å². The monoisotopic (exact) mass is 818 g/mol. The highest BCUT2D eigenvalue weighted by Gasteiger charge is 2.20. The molecule has 1 aliphatic rings. The zero-order chi connectivity index (χ0) is 42.4. The smallest absolute Gasteiger partial charge is 0.0885 e. The molecule has 12 rings (SSSR count). The van der Waals surface area contributed by atoms with Gasteiger partial charge in [-0.2, -0.15) is 0 Å². The van der Waals surface area contributed by atoms with Gasteiger partial charge in [0.25, 0.3) is 0 Å². The number of anilines is 5. The molecule has 0 fully saturated rings. The standard InChI is InChI=1S/C60H42N4/c1-3-15-45(16-4-1)61(49-35-39-51(40-36-49)63-57-23-11-7-19-53(57)54-20-8-12-24-58(54)63)47-31-27-43(28-32-47)44-29-33-48(34-30-44)62(46-17-5-2-6-18-46)50-37-41-52(42-38-50)64-59-25-13-9-21-55(59)56-22-10-14-26-60(56)64/h1-37,39-42,52H. The van der Waals surface area contributed by atoms with Crippen LogP contribution in [0, 0.1) is 0 Å². The van der Waals surface area contributed by atoms with Crippen molar-refractivity contribution in [3.8, 4) is 16.8 Å². The zero-order valence-electron chi connectivity index (χ0n) is 35.0. The van der Waals surface area contributed by atoms with Gasteiger partial charge in [0.15, 0.2) is 0 Å². The van der Waals surface area contributed by atoms with E-state index in [0.717, 1.165) is 50.9 Å². The minimum atomic E-state index is 0.0416. The fourth-order valence-corrected chi connectivity index (χ4v) is 9.62. The third-order valence-electron chi connectivity index (χ3n) is 12.6. The van der Waals surface area contributed by atoms with Gasteiger partial charge in [-0.25, -0.2) is 0 Å². The van der Waals surface area contributed by atoms with Crippen LogP contribution in [0.1, 0.15) is 6.04 Å². The van der Waals surface area contributed by atoms with Crippen molar-refractivity contribution < 1.29 is 0 Å². The van der Waals surface area contributed by atoms with Gasteiger partial charge in [0.1, 0.15) is 0 Å². The van der Waals surface area contributed by atoms with E-state index in [9.17, 15) is 0 Å². The van der Waals surface area contributed by atoms with E-state index < -0.39 is 0 Å². The number of para-hydroxylation sites is 6. The van der Waals surface area contributed by atoms with Crippen molar-refractivity contribution in [3.05, 3.63) is 260 Å². The molecule has 0 saturated heterocycles. The van der Waals surface area contributed by atoms with Crippen LogP contribution >= 0.6 is 0 Å². The number of hydrogen-bond acceptors (Lipinski definition) is 2. The summed E-state index contributed by atoms with van der Waals surface area (Å²) in [6.45, 7) is 0. The average molecular weight is 819 g/mol. The molecule has 0 aliphatic heterocycles. The third kappa shape index (κ3) is 6.41. The maximum absolute atomic E-state index is 3.70. The van der Waals surface area contributed by atoms with E-state index in [4.69, 9.17) is 0 Å². The van der Waals surface area contributed by atoms with Crippen molar-refractivity contribution >= 4 is 72.0 Å². The number of nitrogens with zero attached hydrogens (tertiary/aromatic N) is 4. The van der Waals surface area contributed by atoms with Gasteiger partial charge >= 0.3 is 0 Å². The van der Waals surface area contributed by atoms with Crippen molar-refractivity contribution in [1.82, 2.24) is 9.13 Å². The van der Waals surface area contributed by atoms with Crippen LogP contribution in [0.15, 0.2) is 260 Å². The van der Waals surface area contributed by atoms with Crippen LogP contribution in [0.2, 0.25) is 0 Å². The van der Waals surface area contributed by atoms with Gasteiger partial charge in [-0.05, 0) is 120 Å². The molecule has 0 spiro atoms. The highest BCUT2D eigenvalue weighted by Crippen LogP contribution is 2.40. The lowest BCUT2D eigenvalue weighted by Gasteiger charge is -2.27. The number of aromatic nitrogens is 2. The molecule has 1 aliphatic carbocycles. The van der Waals surface area contributed by atoms with E-state index in [2.05, 4.69) is 273 Å². The quantitative estimate of drug-likeness (QED) is 0.135. The van der Waals surface area contributed by atoms with Crippen LogP contribution in [-0.2, 0) is 0 Å². The Balaban J connectivity index is 0.850. The molecule has 9 aromatic carbocycles. The van der Waals surface area contributed by atoms with Gasteiger partial charge in [0.05, 0.1) is 22.8 Å². The minimum Gasteiger partial charge on any atom is -0.329 e. The van der Waals surface area contributed by atoms with Crippen molar-refractivity contribution in [2.24, 2.45) is 0 Å².